The topological polar surface area (TPSA) is 49.4 Å². The van der Waals surface area contributed by atoms with Crippen molar-refractivity contribution in [1.29, 1.82) is 0 Å². The van der Waals surface area contributed by atoms with E-state index < -0.39 is 17.6 Å². The number of anilines is 1. The second-order valence-corrected chi connectivity index (χ2v) is 7.86. The number of carbonyl (C=O) groups is 2. The van der Waals surface area contributed by atoms with Crippen LogP contribution in [0, 0.1) is 5.41 Å². The Bertz CT molecular complexity index is 699. The van der Waals surface area contributed by atoms with E-state index in [1.54, 1.807) is 0 Å². The van der Waals surface area contributed by atoms with Gasteiger partial charge in [0.1, 0.15) is 0 Å². The molecule has 0 aromatic heterocycles. The zero-order valence-electron chi connectivity index (χ0n) is 16.1. The zero-order chi connectivity index (χ0) is 20.2. The Hall–Kier alpha value is -2.05. The molecule has 1 aromatic carbocycles. The Morgan fingerprint density at radius 3 is 2.56 bits per heavy atom. The van der Waals surface area contributed by atoms with Crippen LogP contribution in [0.3, 0.4) is 0 Å². The van der Waals surface area contributed by atoms with Gasteiger partial charge in [0.15, 0.2) is 0 Å². The van der Waals surface area contributed by atoms with Gasteiger partial charge in [-0.2, -0.15) is 13.2 Å². The molecule has 150 valence electrons. The van der Waals surface area contributed by atoms with E-state index in [9.17, 15) is 22.8 Å². The SMILES string of the molecule is CCCCC(C)(C)CC(=O)NCC(=O)N1CCc2ccc(C(F)(F)F)cc21. The number of nitrogens with zero attached hydrogens (tertiary/aromatic N) is 1. The highest BCUT2D eigenvalue weighted by molar-refractivity contribution is 5.98. The number of fused-ring (bicyclic) bond motifs is 1. The molecule has 1 aliphatic heterocycles. The first-order valence-electron chi connectivity index (χ1n) is 9.31. The Morgan fingerprint density at radius 1 is 1.22 bits per heavy atom. The van der Waals surface area contributed by atoms with Crippen molar-refractivity contribution in [3.05, 3.63) is 29.3 Å². The summed E-state index contributed by atoms with van der Waals surface area (Å²) in [5.74, 6) is -0.610. The van der Waals surface area contributed by atoms with Crippen molar-refractivity contribution in [3.63, 3.8) is 0 Å². The molecule has 7 heteroatoms. The van der Waals surface area contributed by atoms with E-state index in [2.05, 4.69) is 12.2 Å². The average Bonchev–Trinajstić information content (AvgIpc) is 3.00. The van der Waals surface area contributed by atoms with Gasteiger partial charge in [-0.15, -0.1) is 0 Å². The lowest BCUT2D eigenvalue weighted by Gasteiger charge is -2.24. The number of alkyl halides is 3. The summed E-state index contributed by atoms with van der Waals surface area (Å²) in [7, 11) is 0. The third-order valence-corrected chi connectivity index (χ3v) is 4.89. The van der Waals surface area contributed by atoms with Crippen LogP contribution in [0.1, 0.15) is 57.6 Å². The summed E-state index contributed by atoms with van der Waals surface area (Å²) in [4.78, 5) is 25.9. The molecule has 1 aliphatic rings. The minimum Gasteiger partial charge on any atom is -0.347 e. The second kappa shape index (κ2) is 8.31. The molecular formula is C20H27F3N2O2. The summed E-state index contributed by atoms with van der Waals surface area (Å²) in [6.07, 6.45) is -0.620. The lowest BCUT2D eigenvalue weighted by Crippen LogP contribution is -2.40. The summed E-state index contributed by atoms with van der Waals surface area (Å²) >= 11 is 0. The van der Waals surface area contributed by atoms with Gasteiger partial charge in [0.05, 0.1) is 12.1 Å². The molecule has 2 rings (SSSR count). The fourth-order valence-electron chi connectivity index (χ4n) is 3.33. The Morgan fingerprint density at radius 2 is 1.93 bits per heavy atom. The molecule has 0 radical (unpaired) electrons. The van der Waals surface area contributed by atoms with Crippen molar-refractivity contribution in [3.8, 4) is 0 Å². The zero-order valence-corrected chi connectivity index (χ0v) is 16.1. The van der Waals surface area contributed by atoms with E-state index in [4.69, 9.17) is 0 Å². The third kappa shape index (κ3) is 5.71. The Balaban J connectivity index is 1.96. The molecule has 1 N–H and O–H groups in total. The predicted octanol–water partition coefficient (Wildman–Crippen LogP) is 4.32. The van der Waals surface area contributed by atoms with E-state index in [1.807, 2.05) is 13.8 Å². The Kier molecular flexibility index (Phi) is 6.54. The molecule has 1 heterocycles. The number of amides is 2. The van der Waals surface area contributed by atoms with Crippen LogP contribution in [-0.4, -0.2) is 24.9 Å². The molecule has 0 saturated heterocycles. The predicted molar refractivity (Wildman–Crippen MR) is 98.4 cm³/mol. The van der Waals surface area contributed by atoms with Crippen LogP contribution in [0.15, 0.2) is 18.2 Å². The molecular weight excluding hydrogens is 357 g/mol. The minimum atomic E-state index is -4.45. The number of halogens is 3. The molecule has 0 aliphatic carbocycles. The maximum Gasteiger partial charge on any atom is 0.416 e. The van der Waals surface area contributed by atoms with Gasteiger partial charge in [0.2, 0.25) is 11.8 Å². The molecule has 0 saturated carbocycles. The lowest BCUT2D eigenvalue weighted by molar-refractivity contribution is -0.137. The second-order valence-electron chi connectivity index (χ2n) is 7.86. The maximum absolute atomic E-state index is 12.9. The first-order chi connectivity index (χ1) is 12.5. The fraction of sp³-hybridized carbons (Fsp3) is 0.600. The fourth-order valence-corrected chi connectivity index (χ4v) is 3.33. The normalized spacial score (nSPS) is 14.2. The number of benzene rings is 1. The van der Waals surface area contributed by atoms with Gasteiger partial charge < -0.3 is 10.2 Å². The molecule has 0 bridgehead atoms. The van der Waals surface area contributed by atoms with Crippen LogP contribution in [0.4, 0.5) is 18.9 Å². The standard InChI is InChI=1S/C20H27F3N2O2/c1-4-5-9-19(2,3)12-17(26)24-13-18(27)25-10-8-14-6-7-15(11-16(14)25)20(21,22)23/h6-7,11H,4-5,8-10,12-13H2,1-3H3,(H,24,26). The van der Waals surface area contributed by atoms with Crippen molar-refractivity contribution >= 4 is 17.5 Å². The van der Waals surface area contributed by atoms with Gasteiger partial charge in [-0.25, -0.2) is 0 Å². The summed E-state index contributed by atoms with van der Waals surface area (Å²) in [5.41, 5.74) is 0.0729. The highest BCUT2D eigenvalue weighted by Crippen LogP contribution is 2.36. The highest BCUT2D eigenvalue weighted by atomic mass is 19.4. The van der Waals surface area contributed by atoms with Crippen molar-refractivity contribution in [2.45, 2.75) is 59.1 Å². The maximum atomic E-state index is 12.9. The highest BCUT2D eigenvalue weighted by Gasteiger charge is 2.34. The summed E-state index contributed by atoms with van der Waals surface area (Å²) < 4.78 is 38.8. The van der Waals surface area contributed by atoms with Crippen LogP contribution in [0.2, 0.25) is 0 Å². The van der Waals surface area contributed by atoms with Gasteiger partial charge in [-0.1, -0.05) is 39.7 Å². The number of unbranched alkanes of at least 4 members (excludes halogenated alkanes) is 1. The number of hydrogen-bond donors (Lipinski definition) is 1. The number of rotatable bonds is 7. The van der Waals surface area contributed by atoms with E-state index >= 15 is 0 Å². The quantitative estimate of drug-likeness (QED) is 0.761. The molecule has 0 unspecified atom stereocenters. The van der Waals surface area contributed by atoms with Gasteiger partial charge in [-0.05, 0) is 36.0 Å². The van der Waals surface area contributed by atoms with E-state index in [0.717, 1.165) is 31.4 Å². The molecule has 0 fully saturated rings. The third-order valence-electron chi connectivity index (χ3n) is 4.89. The monoisotopic (exact) mass is 384 g/mol. The van der Waals surface area contributed by atoms with Crippen LogP contribution in [0.25, 0.3) is 0 Å². The molecule has 0 spiro atoms. The lowest BCUT2D eigenvalue weighted by atomic mass is 9.83. The summed E-state index contributed by atoms with van der Waals surface area (Å²) in [5, 5.41) is 2.62. The average molecular weight is 384 g/mol. The minimum absolute atomic E-state index is 0.148. The van der Waals surface area contributed by atoms with Crippen molar-refractivity contribution in [2.75, 3.05) is 18.0 Å². The van der Waals surface area contributed by atoms with Gasteiger partial charge in [0, 0.05) is 18.7 Å². The first kappa shape index (κ1) is 21.3. The van der Waals surface area contributed by atoms with Crippen molar-refractivity contribution in [2.24, 2.45) is 5.41 Å². The van der Waals surface area contributed by atoms with E-state index in [1.165, 1.54) is 11.0 Å². The molecule has 1 aromatic rings. The molecule has 2 amide bonds. The first-order valence-corrected chi connectivity index (χ1v) is 9.31. The number of carbonyl (C=O) groups excluding carboxylic acids is 2. The largest absolute Gasteiger partial charge is 0.416 e. The Labute approximate surface area is 158 Å². The summed E-state index contributed by atoms with van der Waals surface area (Å²) in [6, 6.07) is 3.46. The van der Waals surface area contributed by atoms with Gasteiger partial charge in [-0.3, -0.25) is 9.59 Å². The molecule has 0 atom stereocenters. The van der Waals surface area contributed by atoms with E-state index in [-0.39, 0.29) is 23.6 Å². The molecule has 4 nitrogen and oxygen atoms in total. The van der Waals surface area contributed by atoms with Gasteiger partial charge in [0.25, 0.3) is 0 Å². The van der Waals surface area contributed by atoms with Crippen LogP contribution >= 0.6 is 0 Å². The van der Waals surface area contributed by atoms with Gasteiger partial charge >= 0.3 is 6.18 Å². The molecule has 27 heavy (non-hydrogen) atoms. The summed E-state index contributed by atoms with van der Waals surface area (Å²) in [6.45, 7) is 6.23. The van der Waals surface area contributed by atoms with E-state index in [0.29, 0.717) is 24.9 Å². The van der Waals surface area contributed by atoms with Crippen molar-refractivity contribution < 1.29 is 22.8 Å². The van der Waals surface area contributed by atoms with Crippen molar-refractivity contribution in [1.82, 2.24) is 5.32 Å². The van der Waals surface area contributed by atoms with Crippen LogP contribution < -0.4 is 10.2 Å². The van der Waals surface area contributed by atoms with Crippen LogP contribution in [0.5, 0.6) is 0 Å². The number of hydrogen-bond acceptors (Lipinski definition) is 2. The number of nitrogens with one attached hydrogen (secondary N) is 1. The van der Waals surface area contributed by atoms with Crippen LogP contribution in [-0.2, 0) is 22.2 Å². The smallest absolute Gasteiger partial charge is 0.347 e.